The third-order valence-electron chi connectivity index (χ3n) is 7.36. The highest BCUT2D eigenvalue weighted by Crippen LogP contribution is 2.46. The van der Waals surface area contributed by atoms with Gasteiger partial charge in [-0.25, -0.2) is 4.68 Å². The SMILES string of the molecule is COc1cc2c(cc1OC(C)C)-c1c(c(C(=O)N(C)CCCN(C)C(=O)C3CCC3)nn1-c1ccsc1)CO2. The molecule has 2 aliphatic rings. The number of rotatable bonds is 10. The van der Waals surface area contributed by atoms with Gasteiger partial charge in [0.2, 0.25) is 5.91 Å². The summed E-state index contributed by atoms with van der Waals surface area (Å²) in [5.41, 5.74) is 3.59. The summed E-state index contributed by atoms with van der Waals surface area (Å²) in [6.07, 6.45) is 3.76. The molecule has 0 saturated heterocycles. The lowest BCUT2D eigenvalue weighted by molar-refractivity contribution is -0.136. The number of ether oxygens (including phenoxy) is 3. The smallest absolute Gasteiger partial charge is 0.274 e. The van der Waals surface area contributed by atoms with E-state index in [4.69, 9.17) is 19.3 Å². The summed E-state index contributed by atoms with van der Waals surface area (Å²) in [7, 11) is 5.23. The Hall–Kier alpha value is -3.53. The molecule has 208 valence electrons. The summed E-state index contributed by atoms with van der Waals surface area (Å²) < 4.78 is 19.5. The molecular weight excluding hydrogens is 516 g/mol. The number of hydrogen-bond acceptors (Lipinski definition) is 7. The van der Waals surface area contributed by atoms with Crippen LogP contribution in [0.25, 0.3) is 16.9 Å². The van der Waals surface area contributed by atoms with E-state index in [9.17, 15) is 9.59 Å². The van der Waals surface area contributed by atoms with Crippen molar-refractivity contribution in [2.24, 2.45) is 5.92 Å². The minimum atomic E-state index is -0.174. The highest BCUT2D eigenvalue weighted by atomic mass is 32.1. The van der Waals surface area contributed by atoms with E-state index in [1.807, 2.05) is 54.5 Å². The standard InChI is InChI=1S/C29H36N4O5S/c1-18(2)38-25-14-21-23(15-24(25)36-5)37-16-22-26(30-33(27(21)22)20-10-13-39-17-20)29(35)32(4)12-7-11-31(3)28(34)19-8-6-9-19/h10,13-15,17-19H,6-9,11-12,16H2,1-5H3. The third-order valence-corrected chi connectivity index (χ3v) is 8.03. The first-order valence-corrected chi connectivity index (χ1v) is 14.4. The van der Waals surface area contributed by atoms with Crippen LogP contribution in [0.1, 0.15) is 55.6 Å². The van der Waals surface area contributed by atoms with Crippen molar-refractivity contribution in [3.63, 3.8) is 0 Å². The van der Waals surface area contributed by atoms with Gasteiger partial charge in [-0.3, -0.25) is 9.59 Å². The molecule has 9 nitrogen and oxygen atoms in total. The molecule has 1 saturated carbocycles. The van der Waals surface area contributed by atoms with Crippen LogP contribution in [-0.4, -0.2) is 71.8 Å². The molecule has 0 bridgehead atoms. The lowest BCUT2D eigenvalue weighted by Crippen LogP contribution is -2.38. The summed E-state index contributed by atoms with van der Waals surface area (Å²) >= 11 is 1.57. The van der Waals surface area contributed by atoms with E-state index >= 15 is 0 Å². The molecule has 2 amide bonds. The van der Waals surface area contributed by atoms with E-state index < -0.39 is 0 Å². The van der Waals surface area contributed by atoms with E-state index in [1.165, 1.54) is 0 Å². The molecule has 1 aliphatic heterocycles. The summed E-state index contributed by atoms with van der Waals surface area (Å²) in [6, 6.07) is 5.72. The van der Waals surface area contributed by atoms with E-state index in [-0.39, 0.29) is 30.4 Å². The van der Waals surface area contributed by atoms with Crippen molar-refractivity contribution in [2.75, 3.05) is 34.3 Å². The van der Waals surface area contributed by atoms with Crippen LogP contribution in [0.15, 0.2) is 29.0 Å². The fourth-order valence-corrected chi connectivity index (χ4v) is 5.62. The zero-order valence-electron chi connectivity index (χ0n) is 23.2. The van der Waals surface area contributed by atoms with E-state index in [0.29, 0.717) is 42.5 Å². The number of methoxy groups -OCH3 is 1. The molecule has 0 radical (unpaired) electrons. The Bertz CT molecular complexity index is 1350. The summed E-state index contributed by atoms with van der Waals surface area (Å²) in [6.45, 7) is 5.27. The number of hydrogen-bond donors (Lipinski definition) is 0. The summed E-state index contributed by atoms with van der Waals surface area (Å²) in [4.78, 5) is 29.6. The van der Waals surface area contributed by atoms with Crippen molar-refractivity contribution in [3.8, 4) is 34.2 Å². The molecule has 3 heterocycles. The Labute approximate surface area is 233 Å². The molecule has 10 heteroatoms. The van der Waals surface area contributed by atoms with E-state index in [2.05, 4.69) is 0 Å². The van der Waals surface area contributed by atoms with Gasteiger partial charge in [0, 0.05) is 55.7 Å². The molecule has 0 atom stereocenters. The average molecular weight is 553 g/mol. The highest BCUT2D eigenvalue weighted by Gasteiger charge is 2.33. The first-order chi connectivity index (χ1) is 18.8. The van der Waals surface area contributed by atoms with Crippen LogP contribution in [0, 0.1) is 5.92 Å². The van der Waals surface area contributed by atoms with Gasteiger partial charge in [-0.1, -0.05) is 6.42 Å². The molecule has 0 N–H and O–H groups in total. The molecular formula is C29H36N4O5S. The minimum Gasteiger partial charge on any atom is -0.493 e. The van der Waals surface area contributed by atoms with Crippen LogP contribution in [0.4, 0.5) is 0 Å². The van der Waals surface area contributed by atoms with Crippen LogP contribution in [0.5, 0.6) is 17.2 Å². The molecule has 1 fully saturated rings. The van der Waals surface area contributed by atoms with Gasteiger partial charge in [-0.15, -0.1) is 0 Å². The number of benzene rings is 1. The van der Waals surface area contributed by atoms with Gasteiger partial charge in [-0.05, 0) is 50.6 Å². The van der Waals surface area contributed by atoms with E-state index in [0.717, 1.165) is 41.8 Å². The Morgan fingerprint density at radius 2 is 1.95 bits per heavy atom. The Balaban J connectivity index is 1.42. The van der Waals surface area contributed by atoms with Gasteiger partial charge in [0.15, 0.2) is 17.2 Å². The van der Waals surface area contributed by atoms with Gasteiger partial charge in [0.25, 0.3) is 5.91 Å². The van der Waals surface area contributed by atoms with Crippen molar-refractivity contribution >= 4 is 23.2 Å². The van der Waals surface area contributed by atoms with Crippen LogP contribution in [0.3, 0.4) is 0 Å². The molecule has 2 aromatic heterocycles. The number of aromatic nitrogens is 2. The number of carbonyl (C=O) groups excluding carboxylic acids is 2. The number of carbonyl (C=O) groups is 2. The maximum absolute atomic E-state index is 13.7. The quantitative estimate of drug-likeness (QED) is 0.352. The average Bonchev–Trinajstić information content (AvgIpc) is 3.54. The number of thiophene rings is 1. The van der Waals surface area contributed by atoms with E-state index in [1.54, 1.807) is 35.3 Å². The zero-order chi connectivity index (χ0) is 27.7. The molecule has 0 unspecified atom stereocenters. The fraction of sp³-hybridized carbons (Fsp3) is 0.483. The maximum Gasteiger partial charge on any atom is 0.274 e. The van der Waals surface area contributed by atoms with Crippen molar-refractivity contribution in [3.05, 3.63) is 40.2 Å². The monoisotopic (exact) mass is 552 g/mol. The van der Waals surface area contributed by atoms with Gasteiger partial charge in [0.1, 0.15) is 12.4 Å². The largest absolute Gasteiger partial charge is 0.493 e. The normalized spacial score (nSPS) is 14.2. The third kappa shape index (κ3) is 5.34. The minimum absolute atomic E-state index is 0.0449. The predicted octanol–water partition coefficient (Wildman–Crippen LogP) is 5.01. The van der Waals surface area contributed by atoms with Gasteiger partial charge >= 0.3 is 0 Å². The lowest BCUT2D eigenvalue weighted by Gasteiger charge is -2.29. The second kappa shape index (κ2) is 11.3. The molecule has 3 aromatic rings. The first kappa shape index (κ1) is 27.1. The van der Waals surface area contributed by atoms with Gasteiger partial charge < -0.3 is 24.0 Å². The van der Waals surface area contributed by atoms with Crippen LogP contribution in [-0.2, 0) is 11.4 Å². The molecule has 5 rings (SSSR count). The van der Waals surface area contributed by atoms with Crippen molar-refractivity contribution in [1.29, 1.82) is 0 Å². The number of amides is 2. The number of nitrogens with zero attached hydrogens (tertiary/aromatic N) is 4. The second-order valence-corrected chi connectivity index (χ2v) is 11.3. The topological polar surface area (TPSA) is 86.1 Å². The van der Waals surface area contributed by atoms with Gasteiger partial charge in [0.05, 0.1) is 24.6 Å². The Kier molecular flexibility index (Phi) is 7.83. The Morgan fingerprint density at radius 1 is 1.18 bits per heavy atom. The molecule has 1 aliphatic carbocycles. The molecule has 39 heavy (non-hydrogen) atoms. The number of fused-ring (bicyclic) bond motifs is 3. The highest BCUT2D eigenvalue weighted by molar-refractivity contribution is 7.08. The van der Waals surface area contributed by atoms with Crippen LogP contribution < -0.4 is 14.2 Å². The van der Waals surface area contributed by atoms with Crippen molar-refractivity contribution < 1.29 is 23.8 Å². The molecule has 0 spiro atoms. The predicted molar refractivity (Wildman–Crippen MR) is 150 cm³/mol. The fourth-order valence-electron chi connectivity index (χ4n) is 5.01. The van der Waals surface area contributed by atoms with Crippen LogP contribution >= 0.6 is 11.3 Å². The molecule has 1 aromatic carbocycles. The first-order valence-electron chi connectivity index (χ1n) is 13.4. The van der Waals surface area contributed by atoms with Crippen LogP contribution in [0.2, 0.25) is 0 Å². The lowest BCUT2D eigenvalue weighted by atomic mass is 9.84. The maximum atomic E-state index is 13.7. The van der Waals surface area contributed by atoms with Crippen molar-refractivity contribution in [1.82, 2.24) is 19.6 Å². The Morgan fingerprint density at radius 3 is 2.59 bits per heavy atom. The zero-order valence-corrected chi connectivity index (χ0v) is 24.0. The summed E-state index contributed by atoms with van der Waals surface area (Å²) in [5, 5.41) is 8.81. The second-order valence-electron chi connectivity index (χ2n) is 10.5. The summed E-state index contributed by atoms with van der Waals surface area (Å²) in [5.74, 6) is 2.06. The van der Waals surface area contributed by atoms with Crippen molar-refractivity contribution in [2.45, 2.75) is 52.2 Å². The van der Waals surface area contributed by atoms with Gasteiger partial charge in [-0.2, -0.15) is 16.4 Å².